The normalized spacial score (nSPS) is 10.1. The summed E-state index contributed by atoms with van der Waals surface area (Å²) in [6.45, 7) is 0. The van der Waals surface area contributed by atoms with Gasteiger partial charge in [0.25, 0.3) is 0 Å². The number of hydrogen-bond acceptors (Lipinski definition) is 1. The van der Waals surface area contributed by atoms with Crippen LogP contribution in [0.1, 0.15) is 15.9 Å². The predicted octanol–water partition coefficient (Wildman–Crippen LogP) is 3.66. The first kappa shape index (κ1) is 11.3. The summed E-state index contributed by atoms with van der Waals surface area (Å²) in [4.78, 5) is 12.0. The number of ketones is 1. The van der Waals surface area contributed by atoms with Crippen LogP contribution in [0.5, 0.6) is 0 Å². The fourth-order valence-electron chi connectivity index (χ4n) is 1.43. The van der Waals surface area contributed by atoms with Crippen molar-refractivity contribution in [3.63, 3.8) is 0 Å². The highest BCUT2D eigenvalue weighted by Gasteiger charge is 2.12. The lowest BCUT2D eigenvalue weighted by atomic mass is 10.0. The van der Waals surface area contributed by atoms with E-state index in [1.807, 2.05) is 6.07 Å². The minimum Gasteiger partial charge on any atom is -0.288 e. The molecular formula is C13H8FIO. The van der Waals surface area contributed by atoms with E-state index in [0.717, 1.165) is 3.57 Å². The summed E-state index contributed by atoms with van der Waals surface area (Å²) in [5.41, 5.74) is 0.626. The zero-order chi connectivity index (χ0) is 11.5. The molecule has 2 aromatic carbocycles. The molecule has 0 aliphatic carbocycles. The van der Waals surface area contributed by atoms with Crippen molar-refractivity contribution in [2.45, 2.75) is 0 Å². The van der Waals surface area contributed by atoms with Crippen LogP contribution >= 0.6 is 22.6 Å². The van der Waals surface area contributed by atoms with Crippen LogP contribution in [-0.4, -0.2) is 5.78 Å². The van der Waals surface area contributed by atoms with Gasteiger partial charge in [0.1, 0.15) is 5.82 Å². The van der Waals surface area contributed by atoms with Crippen LogP contribution < -0.4 is 0 Å². The third kappa shape index (κ3) is 2.29. The van der Waals surface area contributed by atoms with Crippen LogP contribution in [0.15, 0.2) is 48.5 Å². The summed E-state index contributed by atoms with van der Waals surface area (Å²) in [7, 11) is 0. The van der Waals surface area contributed by atoms with E-state index in [1.54, 1.807) is 30.3 Å². The summed E-state index contributed by atoms with van der Waals surface area (Å²) in [6, 6.07) is 13.1. The standard InChI is InChI=1S/C13H8FIO/c14-12-7-2-1-6-11(12)13(16)9-4-3-5-10(15)8-9/h1-8H. The van der Waals surface area contributed by atoms with Crippen molar-refractivity contribution in [2.75, 3.05) is 0 Å². The van der Waals surface area contributed by atoms with Gasteiger partial charge in [-0.25, -0.2) is 4.39 Å². The smallest absolute Gasteiger partial charge is 0.196 e. The van der Waals surface area contributed by atoms with Crippen LogP contribution in [0.3, 0.4) is 0 Å². The van der Waals surface area contributed by atoms with Crippen molar-refractivity contribution in [3.05, 3.63) is 69.0 Å². The maximum Gasteiger partial charge on any atom is 0.196 e. The highest BCUT2D eigenvalue weighted by molar-refractivity contribution is 14.1. The van der Waals surface area contributed by atoms with Gasteiger partial charge in [0.15, 0.2) is 5.78 Å². The summed E-state index contributed by atoms with van der Waals surface area (Å²) < 4.78 is 14.4. The molecule has 0 saturated carbocycles. The van der Waals surface area contributed by atoms with Crippen molar-refractivity contribution in [2.24, 2.45) is 0 Å². The molecule has 2 aromatic rings. The van der Waals surface area contributed by atoms with Gasteiger partial charge in [-0.1, -0.05) is 24.3 Å². The Kier molecular flexibility index (Phi) is 3.33. The minimum atomic E-state index is -0.480. The number of hydrogen-bond donors (Lipinski definition) is 0. The van der Waals surface area contributed by atoms with Gasteiger partial charge in [0.2, 0.25) is 0 Å². The first-order valence-electron chi connectivity index (χ1n) is 4.73. The molecule has 0 bridgehead atoms. The number of rotatable bonds is 2. The van der Waals surface area contributed by atoms with Crippen LogP contribution in [0, 0.1) is 9.39 Å². The van der Waals surface area contributed by atoms with Crippen molar-refractivity contribution in [1.82, 2.24) is 0 Å². The lowest BCUT2D eigenvalue weighted by molar-refractivity contribution is 0.103. The van der Waals surface area contributed by atoms with Gasteiger partial charge in [0.05, 0.1) is 5.56 Å². The average molecular weight is 326 g/mol. The van der Waals surface area contributed by atoms with E-state index >= 15 is 0 Å². The van der Waals surface area contributed by atoms with Crippen LogP contribution in [-0.2, 0) is 0 Å². The fourth-order valence-corrected chi connectivity index (χ4v) is 1.97. The summed E-state index contributed by atoms with van der Waals surface area (Å²) in [6.07, 6.45) is 0. The SMILES string of the molecule is O=C(c1cccc(I)c1)c1ccccc1F. The van der Waals surface area contributed by atoms with E-state index in [2.05, 4.69) is 22.6 Å². The summed E-state index contributed by atoms with van der Waals surface area (Å²) in [5.74, 6) is -0.761. The molecular weight excluding hydrogens is 318 g/mol. The van der Waals surface area contributed by atoms with E-state index in [0.29, 0.717) is 5.56 Å². The first-order valence-corrected chi connectivity index (χ1v) is 5.81. The molecule has 1 nitrogen and oxygen atoms in total. The van der Waals surface area contributed by atoms with E-state index < -0.39 is 5.82 Å². The third-order valence-electron chi connectivity index (χ3n) is 2.21. The molecule has 0 unspecified atom stereocenters. The van der Waals surface area contributed by atoms with Crippen molar-refractivity contribution >= 4 is 28.4 Å². The molecule has 0 spiro atoms. The molecule has 0 saturated heterocycles. The van der Waals surface area contributed by atoms with E-state index in [-0.39, 0.29) is 11.3 Å². The predicted molar refractivity (Wildman–Crippen MR) is 69.0 cm³/mol. The zero-order valence-corrected chi connectivity index (χ0v) is 10.4. The topological polar surface area (TPSA) is 17.1 Å². The van der Waals surface area contributed by atoms with E-state index in [1.165, 1.54) is 12.1 Å². The molecule has 0 fully saturated rings. The summed E-state index contributed by atoms with van der Waals surface area (Å²) in [5, 5.41) is 0. The van der Waals surface area contributed by atoms with Gasteiger partial charge < -0.3 is 0 Å². The Labute approximate surface area is 106 Å². The zero-order valence-electron chi connectivity index (χ0n) is 8.28. The number of halogens is 2. The highest BCUT2D eigenvalue weighted by atomic mass is 127. The van der Waals surface area contributed by atoms with Crippen LogP contribution in [0.2, 0.25) is 0 Å². The molecule has 0 heterocycles. The van der Waals surface area contributed by atoms with Gasteiger partial charge in [-0.15, -0.1) is 0 Å². The summed E-state index contributed by atoms with van der Waals surface area (Å²) >= 11 is 2.12. The fraction of sp³-hybridized carbons (Fsp3) is 0. The Morgan fingerprint density at radius 2 is 1.81 bits per heavy atom. The highest BCUT2D eigenvalue weighted by Crippen LogP contribution is 2.15. The molecule has 80 valence electrons. The van der Waals surface area contributed by atoms with Crippen LogP contribution in [0.25, 0.3) is 0 Å². The molecule has 0 aromatic heterocycles. The molecule has 3 heteroatoms. The minimum absolute atomic E-state index is 0.115. The molecule has 0 aliphatic rings. The Balaban J connectivity index is 2.44. The largest absolute Gasteiger partial charge is 0.288 e. The maximum absolute atomic E-state index is 13.4. The van der Waals surface area contributed by atoms with Gasteiger partial charge in [-0.2, -0.15) is 0 Å². The second kappa shape index (κ2) is 4.74. The molecule has 0 radical (unpaired) electrons. The van der Waals surface area contributed by atoms with Gasteiger partial charge in [0, 0.05) is 9.13 Å². The van der Waals surface area contributed by atoms with Crippen molar-refractivity contribution in [3.8, 4) is 0 Å². The Morgan fingerprint density at radius 3 is 2.50 bits per heavy atom. The lowest BCUT2D eigenvalue weighted by Crippen LogP contribution is -2.04. The maximum atomic E-state index is 13.4. The number of carbonyl (C=O) groups is 1. The third-order valence-corrected chi connectivity index (χ3v) is 2.88. The molecule has 0 aliphatic heterocycles. The number of carbonyl (C=O) groups excluding carboxylic acids is 1. The number of benzene rings is 2. The average Bonchev–Trinajstić information content (AvgIpc) is 2.29. The van der Waals surface area contributed by atoms with E-state index in [4.69, 9.17) is 0 Å². The quantitative estimate of drug-likeness (QED) is 0.608. The van der Waals surface area contributed by atoms with Gasteiger partial charge in [-0.05, 0) is 46.9 Å². The van der Waals surface area contributed by atoms with Crippen molar-refractivity contribution in [1.29, 1.82) is 0 Å². The molecule has 0 atom stereocenters. The lowest BCUT2D eigenvalue weighted by Gasteiger charge is -2.02. The van der Waals surface area contributed by atoms with E-state index in [9.17, 15) is 9.18 Å². The van der Waals surface area contributed by atoms with Gasteiger partial charge >= 0.3 is 0 Å². The van der Waals surface area contributed by atoms with Crippen molar-refractivity contribution < 1.29 is 9.18 Å². The molecule has 16 heavy (non-hydrogen) atoms. The Morgan fingerprint density at radius 1 is 1.06 bits per heavy atom. The monoisotopic (exact) mass is 326 g/mol. The molecule has 2 rings (SSSR count). The Bertz CT molecular complexity index is 537. The second-order valence-electron chi connectivity index (χ2n) is 3.32. The van der Waals surface area contributed by atoms with Crippen LogP contribution in [0.4, 0.5) is 4.39 Å². The molecule has 0 amide bonds. The van der Waals surface area contributed by atoms with Gasteiger partial charge in [-0.3, -0.25) is 4.79 Å². The second-order valence-corrected chi connectivity index (χ2v) is 4.56. The molecule has 0 N–H and O–H groups in total. The first-order chi connectivity index (χ1) is 7.68. The Hall–Kier alpha value is -1.23.